The Balaban J connectivity index is 0.00000369. The van der Waals surface area contributed by atoms with E-state index in [2.05, 4.69) is 31.0 Å². The number of likely N-dealkylation sites (tertiary alicyclic amines) is 1. The minimum Gasteiger partial charge on any atom is -0.496 e. The minimum absolute atomic E-state index is 0.0129. The second-order valence-electron chi connectivity index (χ2n) is 15.5. The van der Waals surface area contributed by atoms with E-state index in [0.717, 1.165) is 23.4 Å². The number of piperidine rings is 1. The van der Waals surface area contributed by atoms with E-state index in [4.69, 9.17) is 19.3 Å². The molecule has 2 unspecified atom stereocenters. The molecule has 6 rings (SSSR count). The van der Waals surface area contributed by atoms with Crippen LogP contribution in [-0.4, -0.2) is 107 Å². The first-order valence-corrected chi connectivity index (χ1v) is 21.6. The maximum Gasteiger partial charge on any atom is 0.323 e. The van der Waals surface area contributed by atoms with Crippen molar-refractivity contribution in [3.8, 4) is 23.0 Å². The molecule has 336 valence electrons. The normalized spacial score (nSPS) is 15.2. The Hall–Kier alpha value is -6.47. The highest BCUT2D eigenvalue weighted by atomic mass is 32.2. The Kier molecular flexibility index (Phi) is 16.3. The van der Waals surface area contributed by atoms with Crippen LogP contribution in [-0.2, 0) is 21.2 Å². The number of β-amino-alcohol motifs (C(OH)–C–C–N with tert-alkyl or cyclic N) is 2. The zero-order chi connectivity index (χ0) is 45.8. The van der Waals surface area contributed by atoms with Crippen LogP contribution in [0.4, 0.5) is 33.4 Å². The van der Waals surface area contributed by atoms with Crippen LogP contribution in [0.15, 0.2) is 85.1 Å². The standard InChI is InChI=1S/C44H51N7O9S.CH4O/c1-44(2,3)26-19-35(41(59-5)36(20-26)50-61(6)57)49-43(56)48-34-13-14-37(32-10-8-7-9-31(32)34)60-30-15-17-45-39(23-30)47-27-11-12-33(38(21-27)58-4)42(55)46-18-16-40(54)51-24-28(52)22-29(53)25-51;1-2/h7-15,17,19-21,23,28-29,50,52-53H,16,18,22,24-25H2,1-6H3,(H,45,47)(H,46,55)(H2,48,49,56);2H,1H3/t28-,29?,61?;/m1./s1. The van der Waals surface area contributed by atoms with E-state index in [1.165, 1.54) is 25.4 Å². The number of amides is 4. The molecule has 1 aliphatic heterocycles. The Bertz CT molecular complexity index is 2430. The number of aromatic nitrogens is 1. The fourth-order valence-electron chi connectivity index (χ4n) is 6.91. The topological polar surface area (TPSA) is 233 Å². The SMILES string of the molecule is CO.COc1cc(Nc2cc(Oc3ccc(NC(=O)Nc4cc(C(C)(C)C)cc(NS(C)=O)c4OC)c4ccccc34)ccn2)ccc1C(=O)NCCC(=O)N1CC(O)C[C@@H](O)C1. The van der Waals surface area contributed by atoms with Crippen LogP contribution in [0.25, 0.3) is 10.8 Å². The number of carbonyl (C=O) groups excluding carboxylic acids is 3. The van der Waals surface area contributed by atoms with Gasteiger partial charge >= 0.3 is 6.03 Å². The summed E-state index contributed by atoms with van der Waals surface area (Å²) in [7, 11) is 2.56. The van der Waals surface area contributed by atoms with Crippen LogP contribution in [0.1, 0.15) is 49.5 Å². The lowest BCUT2D eigenvalue weighted by Crippen LogP contribution is -2.48. The van der Waals surface area contributed by atoms with Gasteiger partial charge in [0, 0.05) is 80.6 Å². The van der Waals surface area contributed by atoms with Gasteiger partial charge in [-0.25, -0.2) is 14.0 Å². The molecule has 0 bridgehead atoms. The molecule has 0 spiro atoms. The molecular weight excluding hydrogens is 831 g/mol. The third-order valence-electron chi connectivity index (χ3n) is 9.85. The molecule has 3 atom stereocenters. The number of methoxy groups -OCH3 is 2. The largest absolute Gasteiger partial charge is 0.496 e. The second-order valence-corrected chi connectivity index (χ2v) is 16.6. The Labute approximate surface area is 368 Å². The first kappa shape index (κ1) is 47.6. The molecule has 18 heteroatoms. The van der Waals surface area contributed by atoms with Crippen molar-refractivity contribution in [1.29, 1.82) is 0 Å². The van der Waals surface area contributed by atoms with E-state index in [-0.39, 0.29) is 49.4 Å². The van der Waals surface area contributed by atoms with Gasteiger partial charge in [0.15, 0.2) is 5.75 Å². The lowest BCUT2D eigenvalue weighted by Gasteiger charge is -2.33. The smallest absolute Gasteiger partial charge is 0.323 e. The van der Waals surface area contributed by atoms with Crippen LogP contribution in [0, 0.1) is 0 Å². The molecule has 0 aliphatic carbocycles. The Morgan fingerprint density at radius 2 is 1.52 bits per heavy atom. The molecule has 1 aromatic heterocycles. The number of benzene rings is 4. The van der Waals surface area contributed by atoms with Crippen LogP contribution in [0.2, 0.25) is 0 Å². The summed E-state index contributed by atoms with van der Waals surface area (Å²) in [6.07, 6.45) is 1.79. The van der Waals surface area contributed by atoms with Gasteiger partial charge in [-0.3, -0.25) is 9.59 Å². The van der Waals surface area contributed by atoms with Crippen LogP contribution < -0.4 is 40.2 Å². The fourth-order valence-corrected chi connectivity index (χ4v) is 7.37. The highest BCUT2D eigenvalue weighted by Crippen LogP contribution is 2.40. The molecule has 1 fully saturated rings. The summed E-state index contributed by atoms with van der Waals surface area (Å²) >= 11 is 0. The quantitative estimate of drug-likeness (QED) is 0.0631. The number of nitrogens with zero attached hydrogens (tertiary/aromatic N) is 2. The summed E-state index contributed by atoms with van der Waals surface area (Å²) in [5.41, 5.74) is 2.92. The first-order chi connectivity index (χ1) is 30.1. The predicted octanol–water partition coefficient (Wildman–Crippen LogP) is 6.12. The number of fused-ring (bicyclic) bond motifs is 1. The first-order valence-electron chi connectivity index (χ1n) is 20.0. The van der Waals surface area contributed by atoms with Crippen molar-refractivity contribution in [2.75, 3.05) is 67.9 Å². The van der Waals surface area contributed by atoms with Gasteiger partial charge in [0.2, 0.25) is 5.91 Å². The molecular formula is C45H55N7O10S. The zero-order valence-electron chi connectivity index (χ0n) is 36.3. The summed E-state index contributed by atoms with van der Waals surface area (Å²) in [6, 6.07) is 22.6. The molecule has 0 saturated carbocycles. The molecule has 8 N–H and O–H groups in total. The molecule has 1 saturated heterocycles. The van der Waals surface area contributed by atoms with Crippen LogP contribution >= 0.6 is 0 Å². The summed E-state index contributed by atoms with van der Waals surface area (Å²) in [5, 5.41) is 40.0. The van der Waals surface area contributed by atoms with E-state index in [9.17, 15) is 28.8 Å². The summed E-state index contributed by atoms with van der Waals surface area (Å²) in [6.45, 7) is 6.49. The van der Waals surface area contributed by atoms with Crippen molar-refractivity contribution >= 4 is 68.2 Å². The van der Waals surface area contributed by atoms with Gasteiger partial charge in [-0.15, -0.1) is 0 Å². The number of urea groups is 1. The average molecular weight is 886 g/mol. The van der Waals surface area contributed by atoms with Crippen molar-refractivity contribution < 1.29 is 48.1 Å². The predicted molar refractivity (Wildman–Crippen MR) is 245 cm³/mol. The zero-order valence-corrected chi connectivity index (χ0v) is 37.1. The average Bonchev–Trinajstić information content (AvgIpc) is 3.24. The van der Waals surface area contributed by atoms with Crippen LogP contribution in [0.3, 0.4) is 0 Å². The van der Waals surface area contributed by atoms with Crippen LogP contribution in [0.5, 0.6) is 23.0 Å². The summed E-state index contributed by atoms with van der Waals surface area (Å²) in [4.78, 5) is 45.0. The molecule has 63 heavy (non-hydrogen) atoms. The number of aliphatic hydroxyl groups is 3. The monoisotopic (exact) mass is 885 g/mol. The minimum atomic E-state index is -1.38. The summed E-state index contributed by atoms with van der Waals surface area (Å²) in [5.74, 6) is 1.41. The van der Waals surface area contributed by atoms with E-state index >= 15 is 0 Å². The third kappa shape index (κ3) is 12.6. The maximum absolute atomic E-state index is 13.5. The van der Waals surface area contributed by atoms with Gasteiger partial charge in [-0.1, -0.05) is 45.0 Å². The van der Waals surface area contributed by atoms with Crippen molar-refractivity contribution in [1.82, 2.24) is 15.2 Å². The number of aliphatic hydroxyl groups excluding tert-OH is 3. The number of hydrogen-bond donors (Lipinski definition) is 8. The van der Waals surface area contributed by atoms with Gasteiger partial charge in [0.1, 0.15) is 34.1 Å². The van der Waals surface area contributed by atoms with E-state index < -0.39 is 35.1 Å². The van der Waals surface area contributed by atoms with Crippen molar-refractivity contribution in [3.63, 3.8) is 0 Å². The van der Waals surface area contributed by atoms with Gasteiger partial charge in [0.25, 0.3) is 5.91 Å². The molecule has 1 aliphatic rings. The molecule has 4 aromatic carbocycles. The second kappa shape index (κ2) is 21.6. The lowest BCUT2D eigenvalue weighted by molar-refractivity contribution is -0.137. The number of pyridine rings is 1. The molecule has 17 nitrogen and oxygen atoms in total. The highest BCUT2D eigenvalue weighted by Gasteiger charge is 2.28. The van der Waals surface area contributed by atoms with Gasteiger partial charge in [-0.2, -0.15) is 0 Å². The van der Waals surface area contributed by atoms with Gasteiger partial charge < -0.3 is 60.4 Å². The van der Waals surface area contributed by atoms with Gasteiger partial charge in [0.05, 0.1) is 49.1 Å². The number of ether oxygens (including phenoxy) is 3. The highest BCUT2D eigenvalue weighted by molar-refractivity contribution is 7.85. The molecule has 2 heterocycles. The molecule has 0 radical (unpaired) electrons. The number of anilines is 5. The van der Waals surface area contributed by atoms with Crippen molar-refractivity contribution in [3.05, 3.63) is 96.2 Å². The molecule has 4 amide bonds. The number of nitrogens with one attached hydrogen (secondary N) is 5. The van der Waals surface area contributed by atoms with E-state index in [1.54, 1.807) is 48.7 Å². The Morgan fingerprint density at radius 3 is 2.19 bits per heavy atom. The number of rotatable bonds is 14. The number of carbonyl (C=O) groups is 3. The van der Waals surface area contributed by atoms with Crippen molar-refractivity contribution in [2.45, 2.75) is 51.2 Å². The van der Waals surface area contributed by atoms with E-state index in [1.807, 2.05) is 57.2 Å². The van der Waals surface area contributed by atoms with Gasteiger partial charge in [-0.05, 0) is 53.4 Å². The fraction of sp³-hybridized carbons (Fsp3) is 0.333. The molecule has 5 aromatic rings. The summed E-state index contributed by atoms with van der Waals surface area (Å²) < 4.78 is 32.5. The lowest BCUT2D eigenvalue weighted by atomic mass is 9.86. The third-order valence-corrected chi connectivity index (χ3v) is 10.4. The maximum atomic E-state index is 13.5. The Morgan fingerprint density at radius 1 is 0.841 bits per heavy atom. The number of hydrogen-bond acceptors (Lipinski definition) is 12. The van der Waals surface area contributed by atoms with Crippen molar-refractivity contribution in [2.24, 2.45) is 0 Å². The van der Waals surface area contributed by atoms with E-state index in [0.29, 0.717) is 51.6 Å².